The number of hydrogen-bond donors (Lipinski definition) is 2. The molecule has 3 heterocycles. The van der Waals surface area contributed by atoms with Gasteiger partial charge >= 0.3 is 6.03 Å². The Hall–Kier alpha value is -1.82. The Morgan fingerprint density at radius 2 is 2.22 bits per heavy atom. The van der Waals surface area contributed by atoms with Crippen LogP contribution in [0.1, 0.15) is 38.2 Å². The summed E-state index contributed by atoms with van der Waals surface area (Å²) >= 11 is 0. The van der Waals surface area contributed by atoms with Crippen LogP contribution in [0.25, 0.3) is 0 Å². The summed E-state index contributed by atoms with van der Waals surface area (Å²) in [5.74, 6) is 1.03. The zero-order valence-corrected chi connectivity index (χ0v) is 13.8. The predicted octanol–water partition coefficient (Wildman–Crippen LogP) is 2.05. The molecule has 2 atom stereocenters. The van der Waals surface area contributed by atoms with Gasteiger partial charge in [0.25, 0.3) is 0 Å². The van der Waals surface area contributed by atoms with Gasteiger partial charge in [-0.05, 0) is 44.2 Å². The lowest BCUT2D eigenvalue weighted by atomic mass is 10.1. The molecule has 2 saturated heterocycles. The van der Waals surface area contributed by atoms with E-state index in [0.717, 1.165) is 43.9 Å². The Morgan fingerprint density at radius 3 is 2.87 bits per heavy atom. The highest BCUT2D eigenvalue weighted by Crippen LogP contribution is 2.17. The van der Waals surface area contributed by atoms with E-state index in [2.05, 4.69) is 20.5 Å². The highest BCUT2D eigenvalue weighted by Gasteiger charge is 2.23. The average Bonchev–Trinajstić information content (AvgIpc) is 3.26. The molecular formula is C17H26N4O2. The molecule has 2 N–H and O–H groups in total. The third-order valence-corrected chi connectivity index (χ3v) is 4.57. The number of nitrogens with one attached hydrogen (secondary N) is 2. The first-order chi connectivity index (χ1) is 11.2. The zero-order chi connectivity index (χ0) is 16.1. The van der Waals surface area contributed by atoms with Gasteiger partial charge in [0, 0.05) is 32.4 Å². The second kappa shape index (κ2) is 7.64. The largest absolute Gasteiger partial charge is 0.376 e. The van der Waals surface area contributed by atoms with Gasteiger partial charge in [0.2, 0.25) is 0 Å². The van der Waals surface area contributed by atoms with E-state index in [0.29, 0.717) is 6.54 Å². The minimum Gasteiger partial charge on any atom is -0.376 e. The van der Waals surface area contributed by atoms with Crippen molar-refractivity contribution in [1.29, 1.82) is 0 Å². The van der Waals surface area contributed by atoms with E-state index in [-0.39, 0.29) is 18.2 Å². The van der Waals surface area contributed by atoms with Gasteiger partial charge in [0.05, 0.1) is 12.1 Å². The summed E-state index contributed by atoms with van der Waals surface area (Å²) < 4.78 is 5.58. The van der Waals surface area contributed by atoms with Crippen molar-refractivity contribution in [2.45, 2.75) is 51.3 Å². The van der Waals surface area contributed by atoms with Crippen molar-refractivity contribution in [2.24, 2.45) is 0 Å². The van der Waals surface area contributed by atoms with E-state index in [1.54, 1.807) is 0 Å². The molecule has 6 nitrogen and oxygen atoms in total. The molecule has 0 aliphatic carbocycles. The van der Waals surface area contributed by atoms with Crippen LogP contribution in [0.3, 0.4) is 0 Å². The fourth-order valence-corrected chi connectivity index (χ4v) is 3.18. The van der Waals surface area contributed by atoms with Crippen LogP contribution in [-0.4, -0.2) is 42.9 Å². The van der Waals surface area contributed by atoms with Crippen LogP contribution in [0.5, 0.6) is 0 Å². The van der Waals surface area contributed by atoms with Crippen LogP contribution < -0.4 is 15.5 Å². The minimum atomic E-state index is -0.156. The van der Waals surface area contributed by atoms with Crippen molar-refractivity contribution in [3.05, 3.63) is 23.9 Å². The third kappa shape index (κ3) is 4.34. The van der Waals surface area contributed by atoms with E-state index >= 15 is 0 Å². The lowest BCUT2D eigenvalue weighted by molar-refractivity contribution is 0.0860. The molecule has 0 spiro atoms. The molecule has 6 heteroatoms. The topological polar surface area (TPSA) is 66.5 Å². The predicted molar refractivity (Wildman–Crippen MR) is 89.5 cm³/mol. The number of ether oxygens (including phenoxy) is 1. The van der Waals surface area contributed by atoms with Crippen LogP contribution in [-0.2, 0) is 11.3 Å². The first-order valence-electron chi connectivity index (χ1n) is 8.58. The maximum Gasteiger partial charge on any atom is 0.315 e. The van der Waals surface area contributed by atoms with Gasteiger partial charge in [-0.25, -0.2) is 9.78 Å². The standard InChI is InChI=1S/C17H26N4O2/c1-13(15-5-4-10-23-15)20-17(22)19-12-14-6-7-16(18-11-14)21-8-2-3-9-21/h6-7,11,13,15H,2-5,8-10,12H2,1H3,(H2,19,20,22). The van der Waals surface area contributed by atoms with E-state index in [1.165, 1.54) is 12.8 Å². The molecule has 2 aliphatic heterocycles. The molecule has 0 bridgehead atoms. The molecule has 0 saturated carbocycles. The SMILES string of the molecule is CC(NC(=O)NCc1ccc(N2CCCC2)nc1)C1CCCO1. The fraction of sp³-hybridized carbons (Fsp3) is 0.647. The lowest BCUT2D eigenvalue weighted by Crippen LogP contribution is -2.45. The highest BCUT2D eigenvalue weighted by atomic mass is 16.5. The molecule has 23 heavy (non-hydrogen) atoms. The second-order valence-corrected chi connectivity index (χ2v) is 6.39. The molecule has 2 fully saturated rings. The van der Waals surface area contributed by atoms with Gasteiger partial charge in [-0.1, -0.05) is 6.07 Å². The summed E-state index contributed by atoms with van der Waals surface area (Å²) in [6.45, 7) is 5.45. The van der Waals surface area contributed by atoms with Gasteiger partial charge in [-0.3, -0.25) is 0 Å². The van der Waals surface area contributed by atoms with Crippen molar-refractivity contribution in [3.8, 4) is 0 Å². The van der Waals surface area contributed by atoms with E-state index < -0.39 is 0 Å². The quantitative estimate of drug-likeness (QED) is 0.872. The van der Waals surface area contributed by atoms with E-state index in [9.17, 15) is 4.79 Å². The summed E-state index contributed by atoms with van der Waals surface area (Å²) in [6.07, 6.45) is 6.57. The van der Waals surface area contributed by atoms with Gasteiger partial charge in [-0.15, -0.1) is 0 Å². The van der Waals surface area contributed by atoms with Crippen molar-refractivity contribution >= 4 is 11.8 Å². The number of hydrogen-bond acceptors (Lipinski definition) is 4. The van der Waals surface area contributed by atoms with Crippen LogP contribution in [0, 0.1) is 0 Å². The van der Waals surface area contributed by atoms with E-state index in [4.69, 9.17) is 4.74 Å². The summed E-state index contributed by atoms with van der Waals surface area (Å²) in [6, 6.07) is 3.95. The number of pyridine rings is 1. The summed E-state index contributed by atoms with van der Waals surface area (Å²) in [5.41, 5.74) is 1.01. The fourth-order valence-electron chi connectivity index (χ4n) is 3.18. The number of urea groups is 1. The number of carbonyl (C=O) groups excluding carboxylic acids is 1. The zero-order valence-electron chi connectivity index (χ0n) is 13.8. The number of amides is 2. The van der Waals surface area contributed by atoms with Crippen molar-refractivity contribution in [2.75, 3.05) is 24.6 Å². The summed E-state index contributed by atoms with van der Waals surface area (Å²) in [4.78, 5) is 18.7. The van der Waals surface area contributed by atoms with Gasteiger partial charge < -0.3 is 20.3 Å². The normalized spacial score (nSPS) is 22.1. The van der Waals surface area contributed by atoms with Gasteiger partial charge in [0.1, 0.15) is 5.82 Å². The Kier molecular flexibility index (Phi) is 5.33. The van der Waals surface area contributed by atoms with Gasteiger partial charge in [-0.2, -0.15) is 0 Å². The molecule has 2 aliphatic rings. The maximum absolute atomic E-state index is 12.0. The van der Waals surface area contributed by atoms with Crippen LogP contribution in [0.15, 0.2) is 18.3 Å². The molecule has 1 aromatic heterocycles. The number of rotatable bonds is 5. The smallest absolute Gasteiger partial charge is 0.315 e. The summed E-state index contributed by atoms with van der Waals surface area (Å²) in [5, 5.41) is 5.83. The second-order valence-electron chi connectivity index (χ2n) is 6.39. The Labute approximate surface area is 137 Å². The molecule has 126 valence electrons. The minimum absolute atomic E-state index is 0.0353. The number of anilines is 1. The first kappa shape index (κ1) is 16.1. The van der Waals surface area contributed by atoms with Crippen molar-refractivity contribution in [1.82, 2.24) is 15.6 Å². The lowest BCUT2D eigenvalue weighted by Gasteiger charge is -2.20. The van der Waals surface area contributed by atoms with Crippen LogP contribution in [0.4, 0.5) is 10.6 Å². The first-order valence-corrected chi connectivity index (χ1v) is 8.58. The number of nitrogens with zero attached hydrogens (tertiary/aromatic N) is 2. The highest BCUT2D eigenvalue weighted by molar-refractivity contribution is 5.74. The third-order valence-electron chi connectivity index (χ3n) is 4.57. The number of aromatic nitrogens is 1. The van der Waals surface area contributed by atoms with E-state index in [1.807, 2.05) is 25.3 Å². The Morgan fingerprint density at radius 1 is 1.39 bits per heavy atom. The maximum atomic E-state index is 12.0. The van der Waals surface area contributed by atoms with Crippen molar-refractivity contribution in [3.63, 3.8) is 0 Å². The van der Waals surface area contributed by atoms with Crippen LogP contribution >= 0.6 is 0 Å². The Bertz CT molecular complexity index is 508. The molecular weight excluding hydrogens is 292 g/mol. The average molecular weight is 318 g/mol. The van der Waals surface area contributed by atoms with Crippen molar-refractivity contribution < 1.29 is 9.53 Å². The number of carbonyl (C=O) groups is 1. The molecule has 1 aromatic rings. The Balaban J connectivity index is 1.43. The summed E-state index contributed by atoms with van der Waals surface area (Å²) in [7, 11) is 0. The molecule has 0 radical (unpaired) electrons. The molecule has 0 aromatic carbocycles. The molecule has 2 amide bonds. The van der Waals surface area contributed by atoms with Gasteiger partial charge in [0.15, 0.2) is 0 Å². The molecule has 3 rings (SSSR count). The monoisotopic (exact) mass is 318 g/mol. The van der Waals surface area contributed by atoms with Crippen LogP contribution in [0.2, 0.25) is 0 Å². The molecule has 2 unspecified atom stereocenters.